The van der Waals surface area contributed by atoms with Crippen LogP contribution in [-0.4, -0.2) is 23.7 Å². The van der Waals surface area contributed by atoms with Gasteiger partial charge < -0.3 is 10.0 Å². The molecule has 2 rings (SSSR count). The molecule has 1 atom stereocenters. The SMILES string of the molecule is C[C@@H](O)c1ccc(N(C)CC2CC2)cn1. The summed E-state index contributed by atoms with van der Waals surface area (Å²) in [5.74, 6) is 0.881. The van der Waals surface area contributed by atoms with Crippen molar-refractivity contribution >= 4 is 5.69 Å². The highest BCUT2D eigenvalue weighted by Gasteiger charge is 2.23. The molecule has 1 aliphatic rings. The highest BCUT2D eigenvalue weighted by molar-refractivity contribution is 5.44. The minimum atomic E-state index is -0.479. The smallest absolute Gasteiger partial charge is 0.0931 e. The molecule has 0 amide bonds. The average Bonchev–Trinajstić information content (AvgIpc) is 3.02. The maximum absolute atomic E-state index is 9.33. The number of aliphatic hydroxyl groups is 1. The number of hydrogen-bond donors (Lipinski definition) is 1. The van der Waals surface area contributed by atoms with Gasteiger partial charge in [0.05, 0.1) is 23.7 Å². The quantitative estimate of drug-likeness (QED) is 0.818. The predicted molar refractivity (Wildman–Crippen MR) is 60.9 cm³/mol. The second kappa shape index (κ2) is 4.19. The zero-order valence-electron chi connectivity index (χ0n) is 9.35. The van der Waals surface area contributed by atoms with Gasteiger partial charge in [0.15, 0.2) is 0 Å². The van der Waals surface area contributed by atoms with E-state index in [-0.39, 0.29) is 0 Å². The molecule has 0 bridgehead atoms. The number of hydrogen-bond acceptors (Lipinski definition) is 3. The number of anilines is 1. The van der Waals surface area contributed by atoms with Crippen molar-refractivity contribution in [3.05, 3.63) is 24.0 Å². The molecule has 82 valence electrons. The van der Waals surface area contributed by atoms with Crippen molar-refractivity contribution in [1.82, 2.24) is 4.98 Å². The molecule has 1 saturated carbocycles. The van der Waals surface area contributed by atoms with Crippen molar-refractivity contribution in [2.24, 2.45) is 5.92 Å². The van der Waals surface area contributed by atoms with E-state index in [1.54, 1.807) is 6.92 Å². The molecule has 1 heterocycles. The topological polar surface area (TPSA) is 36.4 Å². The van der Waals surface area contributed by atoms with Crippen LogP contribution in [0.4, 0.5) is 5.69 Å². The largest absolute Gasteiger partial charge is 0.387 e. The van der Waals surface area contributed by atoms with E-state index in [1.165, 1.54) is 12.8 Å². The fourth-order valence-corrected chi connectivity index (χ4v) is 1.66. The molecule has 0 radical (unpaired) electrons. The van der Waals surface area contributed by atoms with E-state index in [0.717, 1.165) is 23.8 Å². The van der Waals surface area contributed by atoms with Gasteiger partial charge in [0, 0.05) is 13.6 Å². The monoisotopic (exact) mass is 206 g/mol. The van der Waals surface area contributed by atoms with Crippen LogP contribution in [0.25, 0.3) is 0 Å². The van der Waals surface area contributed by atoms with Crippen molar-refractivity contribution in [3.63, 3.8) is 0 Å². The Hall–Kier alpha value is -1.09. The zero-order chi connectivity index (χ0) is 10.8. The predicted octanol–water partition coefficient (Wildman–Crippen LogP) is 1.98. The van der Waals surface area contributed by atoms with Crippen LogP contribution in [0.2, 0.25) is 0 Å². The van der Waals surface area contributed by atoms with Gasteiger partial charge in [-0.3, -0.25) is 4.98 Å². The first-order valence-electron chi connectivity index (χ1n) is 5.52. The molecule has 3 heteroatoms. The molecule has 0 saturated heterocycles. The van der Waals surface area contributed by atoms with E-state index in [2.05, 4.69) is 16.9 Å². The van der Waals surface area contributed by atoms with Crippen LogP contribution in [0, 0.1) is 5.92 Å². The number of pyridine rings is 1. The third-order valence-corrected chi connectivity index (χ3v) is 2.87. The molecule has 0 spiro atoms. The van der Waals surface area contributed by atoms with Crippen molar-refractivity contribution in [3.8, 4) is 0 Å². The first-order valence-corrected chi connectivity index (χ1v) is 5.52. The lowest BCUT2D eigenvalue weighted by Crippen LogP contribution is -2.20. The highest BCUT2D eigenvalue weighted by atomic mass is 16.3. The van der Waals surface area contributed by atoms with E-state index in [1.807, 2.05) is 18.3 Å². The molecule has 0 aromatic carbocycles. The summed E-state index contributed by atoms with van der Waals surface area (Å²) in [4.78, 5) is 6.47. The van der Waals surface area contributed by atoms with Gasteiger partial charge in [-0.2, -0.15) is 0 Å². The molecule has 0 aliphatic heterocycles. The zero-order valence-corrected chi connectivity index (χ0v) is 9.35. The Labute approximate surface area is 90.8 Å². The molecule has 1 aromatic heterocycles. The van der Waals surface area contributed by atoms with E-state index in [9.17, 15) is 5.11 Å². The van der Waals surface area contributed by atoms with E-state index in [0.29, 0.717) is 0 Å². The minimum absolute atomic E-state index is 0.479. The summed E-state index contributed by atoms with van der Waals surface area (Å²) in [5.41, 5.74) is 1.87. The van der Waals surface area contributed by atoms with E-state index in [4.69, 9.17) is 0 Å². The summed E-state index contributed by atoms with van der Waals surface area (Å²) in [6.45, 7) is 2.85. The maximum atomic E-state index is 9.33. The van der Waals surface area contributed by atoms with Gasteiger partial charge in [-0.15, -0.1) is 0 Å². The van der Waals surface area contributed by atoms with Gasteiger partial charge in [0.25, 0.3) is 0 Å². The normalized spacial score (nSPS) is 17.5. The number of rotatable bonds is 4. The second-order valence-electron chi connectivity index (χ2n) is 4.44. The summed E-state index contributed by atoms with van der Waals surface area (Å²) in [7, 11) is 2.09. The van der Waals surface area contributed by atoms with Gasteiger partial charge in [0.2, 0.25) is 0 Å². The third-order valence-electron chi connectivity index (χ3n) is 2.87. The number of aliphatic hydroxyl groups excluding tert-OH is 1. The lowest BCUT2D eigenvalue weighted by Gasteiger charge is -2.18. The fraction of sp³-hybridized carbons (Fsp3) is 0.583. The molecule has 1 N–H and O–H groups in total. The Morgan fingerprint density at radius 3 is 2.73 bits per heavy atom. The Kier molecular flexibility index (Phi) is 2.91. The first-order chi connectivity index (χ1) is 7.16. The second-order valence-corrected chi connectivity index (χ2v) is 4.44. The minimum Gasteiger partial charge on any atom is -0.387 e. The summed E-state index contributed by atoms with van der Waals surface area (Å²) in [6, 6.07) is 3.92. The molecule has 15 heavy (non-hydrogen) atoms. The van der Waals surface area contributed by atoms with Crippen LogP contribution in [0.5, 0.6) is 0 Å². The lowest BCUT2D eigenvalue weighted by molar-refractivity contribution is 0.194. The molecule has 0 unspecified atom stereocenters. The van der Waals surface area contributed by atoms with Gasteiger partial charge in [-0.05, 0) is 37.8 Å². The molecule has 1 aromatic rings. The summed E-state index contributed by atoms with van der Waals surface area (Å²) < 4.78 is 0. The van der Waals surface area contributed by atoms with Gasteiger partial charge in [0.1, 0.15) is 0 Å². The van der Waals surface area contributed by atoms with Crippen LogP contribution in [0.1, 0.15) is 31.6 Å². The third kappa shape index (κ3) is 2.69. The van der Waals surface area contributed by atoms with Gasteiger partial charge >= 0.3 is 0 Å². The number of aromatic nitrogens is 1. The van der Waals surface area contributed by atoms with E-state index < -0.39 is 6.10 Å². The average molecular weight is 206 g/mol. The molecule has 1 fully saturated rings. The highest BCUT2D eigenvalue weighted by Crippen LogP contribution is 2.30. The molecule has 1 aliphatic carbocycles. The van der Waals surface area contributed by atoms with E-state index >= 15 is 0 Å². The first kappa shape index (κ1) is 10.4. The summed E-state index contributed by atoms with van der Waals surface area (Å²) >= 11 is 0. The van der Waals surface area contributed by atoms with Crippen molar-refractivity contribution in [2.45, 2.75) is 25.9 Å². The van der Waals surface area contributed by atoms with Crippen molar-refractivity contribution in [2.75, 3.05) is 18.5 Å². The fourth-order valence-electron chi connectivity index (χ4n) is 1.66. The van der Waals surface area contributed by atoms with Crippen LogP contribution < -0.4 is 4.90 Å². The van der Waals surface area contributed by atoms with Crippen LogP contribution >= 0.6 is 0 Å². The standard InChI is InChI=1S/C12H18N2O/c1-9(15)12-6-5-11(7-13-12)14(2)8-10-3-4-10/h5-7,9-10,15H,3-4,8H2,1-2H3/t9-/m1/s1. The molecular formula is C12H18N2O. The Bertz CT molecular complexity index is 317. The molecular weight excluding hydrogens is 188 g/mol. The Morgan fingerprint density at radius 2 is 2.27 bits per heavy atom. The Balaban J connectivity index is 2.01. The van der Waals surface area contributed by atoms with Crippen LogP contribution in [-0.2, 0) is 0 Å². The lowest BCUT2D eigenvalue weighted by atomic mass is 10.2. The summed E-state index contributed by atoms with van der Waals surface area (Å²) in [6.07, 6.45) is 4.09. The molecule has 3 nitrogen and oxygen atoms in total. The van der Waals surface area contributed by atoms with Crippen LogP contribution in [0.15, 0.2) is 18.3 Å². The number of nitrogens with zero attached hydrogens (tertiary/aromatic N) is 2. The van der Waals surface area contributed by atoms with Crippen LogP contribution in [0.3, 0.4) is 0 Å². The summed E-state index contributed by atoms with van der Waals surface area (Å²) in [5, 5.41) is 9.33. The van der Waals surface area contributed by atoms with Crippen molar-refractivity contribution < 1.29 is 5.11 Å². The van der Waals surface area contributed by atoms with Gasteiger partial charge in [-0.1, -0.05) is 0 Å². The maximum Gasteiger partial charge on any atom is 0.0931 e. The Morgan fingerprint density at radius 1 is 1.53 bits per heavy atom. The van der Waals surface area contributed by atoms with Gasteiger partial charge in [-0.25, -0.2) is 0 Å². The van der Waals surface area contributed by atoms with Crippen molar-refractivity contribution in [1.29, 1.82) is 0 Å².